The maximum Gasteiger partial charge on any atom is 0.258 e. The lowest BCUT2D eigenvalue weighted by Crippen LogP contribution is -2.31. The molecule has 27 heavy (non-hydrogen) atoms. The van der Waals surface area contributed by atoms with Crippen molar-refractivity contribution < 1.29 is 14.3 Å². The van der Waals surface area contributed by atoms with Gasteiger partial charge in [-0.2, -0.15) is 0 Å². The Morgan fingerprint density at radius 3 is 2.33 bits per heavy atom. The molecule has 0 heterocycles. The van der Waals surface area contributed by atoms with Gasteiger partial charge in [-0.1, -0.05) is 54.0 Å². The minimum absolute atomic E-state index is 0.110. The second-order valence-corrected chi connectivity index (χ2v) is 8.03. The summed E-state index contributed by atoms with van der Waals surface area (Å²) in [4.78, 5) is 23.9. The van der Waals surface area contributed by atoms with Crippen LogP contribution < -0.4 is 10.1 Å². The summed E-state index contributed by atoms with van der Waals surface area (Å²) in [5.41, 5.74) is 2.79. The van der Waals surface area contributed by atoms with E-state index >= 15 is 0 Å². The molecule has 0 aliphatic heterocycles. The SMILES string of the molecule is CC(=O)c1cc(Br)ccc1OCC(=O)N[C@@H](C)c1ccc(CC(C)C)cc1. The monoisotopic (exact) mass is 431 g/mol. The van der Waals surface area contributed by atoms with Crippen molar-refractivity contribution in [2.75, 3.05) is 6.61 Å². The van der Waals surface area contributed by atoms with E-state index < -0.39 is 0 Å². The lowest BCUT2D eigenvalue weighted by atomic mass is 10.00. The number of Topliss-reactive ketones (excluding diaryl/α,β-unsaturated/α-hetero) is 1. The number of halogens is 1. The molecular formula is C22H26BrNO3. The second kappa shape index (κ2) is 9.70. The number of ether oxygens (including phenoxy) is 1. The Morgan fingerprint density at radius 1 is 1.07 bits per heavy atom. The highest BCUT2D eigenvalue weighted by Crippen LogP contribution is 2.24. The van der Waals surface area contributed by atoms with Gasteiger partial charge in [0, 0.05) is 4.47 Å². The Bertz CT molecular complexity index is 800. The summed E-state index contributed by atoms with van der Waals surface area (Å²) in [6.07, 6.45) is 1.04. The standard InChI is InChI=1S/C22H26BrNO3/c1-14(2)11-17-5-7-18(8-6-17)15(3)24-22(26)13-27-21-10-9-19(23)12-20(21)16(4)25/h5-10,12,14-15H,11,13H2,1-4H3,(H,24,26)/t15-/m0/s1. The fourth-order valence-corrected chi connectivity index (χ4v) is 3.19. The molecule has 1 amide bonds. The van der Waals surface area contributed by atoms with Gasteiger partial charge in [0.1, 0.15) is 5.75 Å². The molecule has 2 aromatic carbocycles. The maximum absolute atomic E-state index is 12.2. The lowest BCUT2D eigenvalue weighted by Gasteiger charge is -2.16. The largest absolute Gasteiger partial charge is 0.483 e. The quantitative estimate of drug-likeness (QED) is 0.590. The van der Waals surface area contributed by atoms with Gasteiger partial charge in [-0.15, -0.1) is 0 Å². The van der Waals surface area contributed by atoms with E-state index in [1.807, 2.05) is 19.1 Å². The number of amides is 1. The van der Waals surface area contributed by atoms with Crippen LogP contribution in [0.2, 0.25) is 0 Å². The van der Waals surface area contributed by atoms with Crippen LogP contribution in [0.5, 0.6) is 5.75 Å². The maximum atomic E-state index is 12.2. The summed E-state index contributed by atoms with van der Waals surface area (Å²) in [7, 11) is 0. The molecule has 0 saturated heterocycles. The molecule has 0 radical (unpaired) electrons. The van der Waals surface area contributed by atoms with Crippen LogP contribution in [0.4, 0.5) is 0 Å². The third-order valence-corrected chi connectivity index (χ3v) is 4.67. The molecule has 2 aromatic rings. The highest BCUT2D eigenvalue weighted by atomic mass is 79.9. The number of carbonyl (C=O) groups excluding carboxylic acids is 2. The van der Waals surface area contributed by atoms with E-state index in [0.717, 1.165) is 16.5 Å². The molecule has 0 unspecified atom stereocenters. The van der Waals surface area contributed by atoms with Gasteiger partial charge < -0.3 is 10.1 Å². The van der Waals surface area contributed by atoms with Crippen molar-refractivity contribution >= 4 is 27.6 Å². The van der Waals surface area contributed by atoms with Crippen LogP contribution in [0.15, 0.2) is 46.9 Å². The number of hydrogen-bond acceptors (Lipinski definition) is 3. The van der Waals surface area contributed by atoms with E-state index in [0.29, 0.717) is 17.2 Å². The summed E-state index contributed by atoms with van der Waals surface area (Å²) in [5, 5.41) is 2.93. The summed E-state index contributed by atoms with van der Waals surface area (Å²) in [5.74, 6) is 0.683. The number of nitrogens with one attached hydrogen (secondary N) is 1. The molecule has 1 N–H and O–H groups in total. The molecule has 0 fully saturated rings. The fraction of sp³-hybridized carbons (Fsp3) is 0.364. The first-order valence-corrected chi connectivity index (χ1v) is 9.87. The van der Waals surface area contributed by atoms with Gasteiger partial charge in [-0.3, -0.25) is 9.59 Å². The van der Waals surface area contributed by atoms with Crippen LogP contribution >= 0.6 is 15.9 Å². The van der Waals surface area contributed by atoms with Crippen LogP contribution in [-0.2, 0) is 11.2 Å². The summed E-state index contributed by atoms with van der Waals surface area (Å²) < 4.78 is 6.35. The molecule has 0 bridgehead atoms. The molecule has 0 saturated carbocycles. The third kappa shape index (κ3) is 6.51. The molecule has 4 nitrogen and oxygen atoms in total. The van der Waals surface area contributed by atoms with Gasteiger partial charge in [-0.05, 0) is 55.5 Å². The fourth-order valence-electron chi connectivity index (χ4n) is 2.83. The predicted molar refractivity (Wildman–Crippen MR) is 111 cm³/mol. The number of benzene rings is 2. The van der Waals surface area contributed by atoms with Crippen LogP contribution in [0.1, 0.15) is 55.2 Å². The Morgan fingerprint density at radius 2 is 1.74 bits per heavy atom. The zero-order valence-corrected chi connectivity index (χ0v) is 17.8. The number of ketones is 1. The van der Waals surface area contributed by atoms with Crippen molar-refractivity contribution in [3.8, 4) is 5.75 Å². The number of hydrogen-bond donors (Lipinski definition) is 1. The molecule has 144 valence electrons. The average molecular weight is 432 g/mol. The second-order valence-electron chi connectivity index (χ2n) is 7.11. The molecule has 2 rings (SSSR count). The van der Waals surface area contributed by atoms with Gasteiger partial charge in [0.25, 0.3) is 5.91 Å². The van der Waals surface area contributed by atoms with Gasteiger partial charge in [-0.25, -0.2) is 0 Å². The normalized spacial score (nSPS) is 11.9. The van der Waals surface area contributed by atoms with Crippen molar-refractivity contribution in [1.82, 2.24) is 5.32 Å². The number of carbonyl (C=O) groups is 2. The first kappa shape index (κ1) is 21.2. The molecule has 1 atom stereocenters. The van der Waals surface area contributed by atoms with E-state index in [1.54, 1.807) is 18.2 Å². The van der Waals surface area contributed by atoms with Crippen molar-refractivity contribution in [3.05, 3.63) is 63.6 Å². The Balaban J connectivity index is 1.93. The minimum Gasteiger partial charge on any atom is -0.483 e. The van der Waals surface area contributed by atoms with Crippen molar-refractivity contribution in [2.24, 2.45) is 5.92 Å². The summed E-state index contributed by atoms with van der Waals surface area (Å²) in [6.45, 7) is 7.66. The van der Waals surface area contributed by atoms with Gasteiger partial charge in [0.2, 0.25) is 0 Å². The zero-order chi connectivity index (χ0) is 20.0. The highest BCUT2D eigenvalue weighted by molar-refractivity contribution is 9.10. The van der Waals surface area contributed by atoms with E-state index in [9.17, 15) is 9.59 Å². The van der Waals surface area contributed by atoms with Crippen LogP contribution in [-0.4, -0.2) is 18.3 Å². The first-order valence-electron chi connectivity index (χ1n) is 9.07. The van der Waals surface area contributed by atoms with E-state index in [2.05, 4.69) is 47.2 Å². The van der Waals surface area contributed by atoms with Gasteiger partial charge in [0.15, 0.2) is 12.4 Å². The Kier molecular flexibility index (Phi) is 7.60. The average Bonchev–Trinajstić information content (AvgIpc) is 2.60. The van der Waals surface area contributed by atoms with Crippen molar-refractivity contribution in [3.63, 3.8) is 0 Å². The predicted octanol–water partition coefficient (Wildman–Crippen LogP) is 5.11. The topological polar surface area (TPSA) is 55.4 Å². The summed E-state index contributed by atoms with van der Waals surface area (Å²) >= 11 is 3.33. The minimum atomic E-state index is -0.230. The van der Waals surface area contributed by atoms with E-state index in [-0.39, 0.29) is 24.3 Å². The lowest BCUT2D eigenvalue weighted by molar-refractivity contribution is -0.123. The Hall–Kier alpha value is -2.14. The first-order chi connectivity index (χ1) is 12.8. The molecule has 0 aromatic heterocycles. The molecule has 5 heteroatoms. The zero-order valence-electron chi connectivity index (χ0n) is 16.2. The molecule has 0 aliphatic carbocycles. The highest BCUT2D eigenvalue weighted by Gasteiger charge is 2.13. The van der Waals surface area contributed by atoms with Crippen LogP contribution in [0, 0.1) is 5.92 Å². The van der Waals surface area contributed by atoms with E-state index in [1.165, 1.54) is 12.5 Å². The van der Waals surface area contributed by atoms with Crippen LogP contribution in [0.3, 0.4) is 0 Å². The van der Waals surface area contributed by atoms with Crippen molar-refractivity contribution in [1.29, 1.82) is 0 Å². The van der Waals surface area contributed by atoms with Gasteiger partial charge in [0.05, 0.1) is 11.6 Å². The summed E-state index contributed by atoms with van der Waals surface area (Å²) in [6, 6.07) is 13.3. The number of rotatable bonds is 8. The van der Waals surface area contributed by atoms with Crippen LogP contribution in [0.25, 0.3) is 0 Å². The van der Waals surface area contributed by atoms with Crippen molar-refractivity contribution in [2.45, 2.75) is 40.2 Å². The van der Waals surface area contributed by atoms with E-state index in [4.69, 9.17) is 4.74 Å². The molecular weight excluding hydrogens is 406 g/mol. The molecule has 0 spiro atoms. The Labute approximate surface area is 169 Å². The molecule has 0 aliphatic rings. The smallest absolute Gasteiger partial charge is 0.258 e. The third-order valence-electron chi connectivity index (χ3n) is 4.18. The van der Waals surface area contributed by atoms with Gasteiger partial charge >= 0.3 is 0 Å².